The van der Waals surface area contributed by atoms with Crippen LogP contribution in [-0.2, 0) is 12.8 Å². The standard InChI is InChI=1S/C23H29NO2/c1-5-15-24(17(2)18-9-12-21(25-3)13-10-18)20-11-14-22-19(16-20)7-6-8-23(22)26-4/h5-10,12-13,17,20H,1,11,14-16H2,2-4H3/t17-,20+/m1/s1. The number of rotatable bonds is 7. The molecule has 0 saturated carbocycles. The van der Waals surface area contributed by atoms with Gasteiger partial charge in [-0.1, -0.05) is 30.3 Å². The molecule has 0 bridgehead atoms. The zero-order valence-corrected chi connectivity index (χ0v) is 16.1. The number of benzene rings is 2. The molecule has 2 atom stereocenters. The SMILES string of the molecule is C=CCN([C@H]1CCc2c(cccc2OC)C1)[C@H](C)c1ccc(OC)cc1. The van der Waals surface area contributed by atoms with Gasteiger partial charge >= 0.3 is 0 Å². The van der Waals surface area contributed by atoms with E-state index in [0.717, 1.165) is 37.3 Å². The molecule has 0 N–H and O–H groups in total. The van der Waals surface area contributed by atoms with Crippen molar-refractivity contribution >= 4 is 0 Å². The molecule has 2 aromatic carbocycles. The minimum absolute atomic E-state index is 0.330. The van der Waals surface area contributed by atoms with Gasteiger partial charge in [-0.15, -0.1) is 6.58 Å². The Kier molecular flexibility index (Phi) is 6.00. The highest BCUT2D eigenvalue weighted by Gasteiger charge is 2.28. The lowest BCUT2D eigenvalue weighted by molar-refractivity contribution is 0.147. The summed E-state index contributed by atoms with van der Waals surface area (Å²) < 4.78 is 10.8. The smallest absolute Gasteiger partial charge is 0.122 e. The molecular formula is C23H29NO2. The number of methoxy groups -OCH3 is 2. The van der Waals surface area contributed by atoms with Gasteiger partial charge in [-0.25, -0.2) is 0 Å². The number of fused-ring (bicyclic) bond motifs is 1. The van der Waals surface area contributed by atoms with Crippen molar-refractivity contribution in [2.75, 3.05) is 20.8 Å². The molecule has 0 amide bonds. The molecule has 3 rings (SSSR count). The van der Waals surface area contributed by atoms with Crippen molar-refractivity contribution in [1.82, 2.24) is 4.90 Å². The zero-order valence-electron chi connectivity index (χ0n) is 16.1. The summed E-state index contributed by atoms with van der Waals surface area (Å²) in [6.07, 6.45) is 5.27. The van der Waals surface area contributed by atoms with Gasteiger partial charge in [0.1, 0.15) is 11.5 Å². The summed E-state index contributed by atoms with van der Waals surface area (Å²) >= 11 is 0. The first-order chi connectivity index (χ1) is 12.7. The Balaban J connectivity index is 1.82. The van der Waals surface area contributed by atoms with Crippen LogP contribution in [0.4, 0.5) is 0 Å². The predicted molar refractivity (Wildman–Crippen MR) is 107 cm³/mol. The van der Waals surface area contributed by atoms with Gasteiger partial charge in [0, 0.05) is 18.6 Å². The Morgan fingerprint density at radius 3 is 2.58 bits per heavy atom. The van der Waals surface area contributed by atoms with E-state index in [4.69, 9.17) is 9.47 Å². The van der Waals surface area contributed by atoms with Gasteiger partial charge in [-0.05, 0) is 61.1 Å². The van der Waals surface area contributed by atoms with Crippen LogP contribution in [0.1, 0.15) is 36.1 Å². The fourth-order valence-corrected chi connectivity index (χ4v) is 4.07. The lowest BCUT2D eigenvalue weighted by Gasteiger charge is -2.39. The van der Waals surface area contributed by atoms with Crippen molar-refractivity contribution < 1.29 is 9.47 Å². The molecule has 1 aliphatic rings. The highest BCUT2D eigenvalue weighted by atomic mass is 16.5. The second-order valence-corrected chi connectivity index (χ2v) is 6.93. The van der Waals surface area contributed by atoms with Crippen LogP contribution in [-0.4, -0.2) is 31.7 Å². The minimum Gasteiger partial charge on any atom is -0.497 e. The maximum absolute atomic E-state index is 5.55. The zero-order chi connectivity index (χ0) is 18.5. The van der Waals surface area contributed by atoms with E-state index in [1.165, 1.54) is 16.7 Å². The van der Waals surface area contributed by atoms with Crippen LogP contribution in [0.2, 0.25) is 0 Å². The summed E-state index contributed by atoms with van der Waals surface area (Å²) in [6, 6.07) is 15.7. The fourth-order valence-electron chi connectivity index (χ4n) is 4.07. The van der Waals surface area contributed by atoms with Gasteiger partial charge < -0.3 is 9.47 Å². The molecule has 1 aliphatic carbocycles. The van der Waals surface area contributed by atoms with E-state index in [2.05, 4.69) is 48.7 Å². The van der Waals surface area contributed by atoms with Crippen LogP contribution in [0.15, 0.2) is 55.1 Å². The van der Waals surface area contributed by atoms with Gasteiger partial charge in [0.2, 0.25) is 0 Å². The van der Waals surface area contributed by atoms with Crippen LogP contribution in [0.3, 0.4) is 0 Å². The summed E-state index contributed by atoms with van der Waals surface area (Å²) in [5.74, 6) is 1.93. The monoisotopic (exact) mass is 351 g/mol. The number of hydrogen-bond acceptors (Lipinski definition) is 3. The van der Waals surface area contributed by atoms with E-state index >= 15 is 0 Å². The molecule has 0 saturated heterocycles. The second kappa shape index (κ2) is 8.41. The van der Waals surface area contributed by atoms with Gasteiger partial charge in [0.15, 0.2) is 0 Å². The van der Waals surface area contributed by atoms with Crippen molar-refractivity contribution in [1.29, 1.82) is 0 Å². The molecule has 2 aromatic rings. The summed E-state index contributed by atoms with van der Waals surface area (Å²) in [5, 5.41) is 0. The van der Waals surface area contributed by atoms with Crippen LogP contribution in [0.5, 0.6) is 11.5 Å². The molecule has 0 unspecified atom stereocenters. The van der Waals surface area contributed by atoms with Crippen molar-refractivity contribution in [3.05, 3.63) is 71.8 Å². The molecule has 0 fully saturated rings. The normalized spacial score (nSPS) is 17.5. The van der Waals surface area contributed by atoms with Crippen LogP contribution < -0.4 is 9.47 Å². The summed E-state index contributed by atoms with van der Waals surface area (Å²) in [7, 11) is 3.47. The Morgan fingerprint density at radius 2 is 1.92 bits per heavy atom. The average Bonchev–Trinajstić information content (AvgIpc) is 2.70. The third-order valence-electron chi connectivity index (χ3n) is 5.54. The molecule has 0 heterocycles. The van der Waals surface area contributed by atoms with Gasteiger partial charge in [0.25, 0.3) is 0 Å². The minimum atomic E-state index is 0.330. The van der Waals surface area contributed by atoms with Crippen LogP contribution >= 0.6 is 0 Å². The van der Waals surface area contributed by atoms with Crippen molar-refractivity contribution in [3.8, 4) is 11.5 Å². The summed E-state index contributed by atoms with van der Waals surface area (Å²) in [5.41, 5.74) is 4.10. The molecule has 0 spiro atoms. The van der Waals surface area contributed by atoms with E-state index in [-0.39, 0.29) is 0 Å². The molecule has 3 heteroatoms. The third-order valence-corrected chi connectivity index (χ3v) is 5.54. The molecule has 138 valence electrons. The maximum atomic E-state index is 5.55. The number of ether oxygens (including phenoxy) is 2. The molecule has 0 aromatic heterocycles. The van der Waals surface area contributed by atoms with Crippen LogP contribution in [0, 0.1) is 0 Å². The summed E-state index contributed by atoms with van der Waals surface area (Å²) in [6.45, 7) is 7.16. The molecule has 0 radical (unpaired) electrons. The average molecular weight is 351 g/mol. The maximum Gasteiger partial charge on any atom is 0.122 e. The number of hydrogen-bond donors (Lipinski definition) is 0. The largest absolute Gasteiger partial charge is 0.497 e. The highest BCUT2D eigenvalue weighted by molar-refractivity contribution is 5.42. The van der Waals surface area contributed by atoms with Gasteiger partial charge in [-0.2, -0.15) is 0 Å². The quantitative estimate of drug-likeness (QED) is 0.668. The van der Waals surface area contributed by atoms with E-state index in [0.29, 0.717) is 12.1 Å². The first-order valence-corrected chi connectivity index (χ1v) is 9.33. The van der Waals surface area contributed by atoms with Gasteiger partial charge in [-0.3, -0.25) is 4.90 Å². The Hall–Kier alpha value is -2.26. The summed E-state index contributed by atoms with van der Waals surface area (Å²) in [4.78, 5) is 2.57. The fraction of sp³-hybridized carbons (Fsp3) is 0.391. The van der Waals surface area contributed by atoms with Crippen molar-refractivity contribution in [3.63, 3.8) is 0 Å². The van der Waals surface area contributed by atoms with E-state index in [1.807, 2.05) is 18.2 Å². The Labute approximate surface area is 157 Å². The Morgan fingerprint density at radius 1 is 1.15 bits per heavy atom. The van der Waals surface area contributed by atoms with E-state index in [1.54, 1.807) is 14.2 Å². The first-order valence-electron chi connectivity index (χ1n) is 9.33. The molecule has 3 nitrogen and oxygen atoms in total. The molecule has 26 heavy (non-hydrogen) atoms. The molecular weight excluding hydrogens is 322 g/mol. The van der Waals surface area contributed by atoms with Crippen molar-refractivity contribution in [2.24, 2.45) is 0 Å². The second-order valence-electron chi connectivity index (χ2n) is 6.93. The lowest BCUT2D eigenvalue weighted by atomic mass is 9.86. The lowest BCUT2D eigenvalue weighted by Crippen LogP contribution is -2.41. The first kappa shape index (κ1) is 18.5. The number of nitrogens with zero attached hydrogens (tertiary/aromatic N) is 1. The van der Waals surface area contributed by atoms with Gasteiger partial charge in [0.05, 0.1) is 14.2 Å². The van der Waals surface area contributed by atoms with E-state index < -0.39 is 0 Å². The van der Waals surface area contributed by atoms with E-state index in [9.17, 15) is 0 Å². The Bertz CT molecular complexity index is 738. The van der Waals surface area contributed by atoms with Crippen LogP contribution in [0.25, 0.3) is 0 Å². The topological polar surface area (TPSA) is 21.7 Å². The highest BCUT2D eigenvalue weighted by Crippen LogP contribution is 2.34. The third kappa shape index (κ3) is 3.78. The molecule has 0 aliphatic heterocycles. The predicted octanol–water partition coefficient (Wildman–Crippen LogP) is 4.81. The van der Waals surface area contributed by atoms with Crippen molar-refractivity contribution in [2.45, 2.75) is 38.3 Å².